The van der Waals surface area contributed by atoms with Gasteiger partial charge in [-0.05, 0) is 12.1 Å². The molecule has 5 nitrogen and oxygen atoms in total. The number of anilines is 1. The zero-order valence-corrected chi connectivity index (χ0v) is 12.7. The molecule has 0 aliphatic carbocycles. The first-order valence-electron chi connectivity index (χ1n) is 6.00. The number of hydrogen-bond acceptors (Lipinski definition) is 7. The van der Waals surface area contributed by atoms with E-state index < -0.39 is 0 Å². The highest BCUT2D eigenvalue weighted by Crippen LogP contribution is 2.26. The van der Waals surface area contributed by atoms with Crippen LogP contribution in [0, 0.1) is 0 Å². The predicted octanol–water partition coefficient (Wildman–Crippen LogP) is 1.88. The molecule has 102 valence electrons. The summed E-state index contributed by atoms with van der Waals surface area (Å²) in [5, 5.41) is 12.6. The highest BCUT2D eigenvalue weighted by Gasteiger charge is 2.05. The van der Waals surface area contributed by atoms with Crippen molar-refractivity contribution in [3.05, 3.63) is 30.1 Å². The molecule has 0 fully saturated rings. The third-order valence-corrected chi connectivity index (χ3v) is 4.54. The third-order valence-electron chi connectivity index (χ3n) is 2.32. The van der Waals surface area contributed by atoms with E-state index in [1.807, 2.05) is 43.4 Å². The standard InChI is InChI=1S/C12H17N5S2/c1-17(2)11-15-16-12(19-11)18-8-7-13-9-10-5-3-4-6-14-10/h3-6,13H,7-9H2,1-2H3. The average Bonchev–Trinajstić information content (AvgIpc) is 2.89. The lowest BCUT2D eigenvalue weighted by atomic mass is 10.3. The Hall–Kier alpha value is -1.18. The Morgan fingerprint density at radius 2 is 2.21 bits per heavy atom. The number of nitrogens with zero attached hydrogens (tertiary/aromatic N) is 4. The minimum Gasteiger partial charge on any atom is -0.353 e. The first-order valence-corrected chi connectivity index (χ1v) is 7.80. The number of aromatic nitrogens is 3. The van der Waals surface area contributed by atoms with Crippen LogP contribution in [-0.2, 0) is 6.54 Å². The van der Waals surface area contributed by atoms with Gasteiger partial charge in [-0.2, -0.15) is 0 Å². The molecule has 0 radical (unpaired) electrons. The molecule has 0 saturated carbocycles. The zero-order valence-electron chi connectivity index (χ0n) is 11.0. The van der Waals surface area contributed by atoms with E-state index in [0.29, 0.717) is 0 Å². The number of pyridine rings is 1. The van der Waals surface area contributed by atoms with Crippen LogP contribution in [0.5, 0.6) is 0 Å². The molecule has 0 bridgehead atoms. The van der Waals surface area contributed by atoms with Crippen molar-refractivity contribution in [1.82, 2.24) is 20.5 Å². The van der Waals surface area contributed by atoms with Gasteiger partial charge in [0.25, 0.3) is 0 Å². The monoisotopic (exact) mass is 295 g/mol. The van der Waals surface area contributed by atoms with Crippen LogP contribution in [0.4, 0.5) is 5.13 Å². The van der Waals surface area contributed by atoms with Crippen molar-refractivity contribution in [3.8, 4) is 0 Å². The Kier molecular flexibility index (Phi) is 5.56. The number of rotatable bonds is 7. The molecule has 0 aliphatic heterocycles. The maximum atomic E-state index is 4.26. The van der Waals surface area contributed by atoms with Gasteiger partial charge in [-0.1, -0.05) is 29.2 Å². The molecule has 0 aromatic carbocycles. The topological polar surface area (TPSA) is 53.9 Å². The van der Waals surface area contributed by atoms with Gasteiger partial charge < -0.3 is 10.2 Å². The van der Waals surface area contributed by atoms with Crippen LogP contribution in [0.1, 0.15) is 5.69 Å². The Morgan fingerprint density at radius 3 is 2.89 bits per heavy atom. The van der Waals surface area contributed by atoms with Crippen LogP contribution in [0.2, 0.25) is 0 Å². The Bertz CT molecular complexity index is 486. The second kappa shape index (κ2) is 7.42. The molecule has 19 heavy (non-hydrogen) atoms. The van der Waals surface area contributed by atoms with E-state index in [4.69, 9.17) is 0 Å². The highest BCUT2D eigenvalue weighted by molar-refractivity contribution is 8.01. The van der Waals surface area contributed by atoms with Crippen LogP contribution in [-0.4, -0.2) is 41.6 Å². The van der Waals surface area contributed by atoms with Gasteiger partial charge in [-0.3, -0.25) is 4.98 Å². The lowest BCUT2D eigenvalue weighted by molar-refractivity contribution is 0.715. The summed E-state index contributed by atoms with van der Waals surface area (Å²) in [5.74, 6) is 0.981. The van der Waals surface area contributed by atoms with Gasteiger partial charge in [-0.15, -0.1) is 10.2 Å². The minimum absolute atomic E-state index is 0.806. The molecule has 1 N–H and O–H groups in total. The molecule has 0 amide bonds. The normalized spacial score (nSPS) is 10.6. The van der Waals surface area contributed by atoms with E-state index in [-0.39, 0.29) is 0 Å². The molecule has 0 aliphatic rings. The average molecular weight is 295 g/mol. The summed E-state index contributed by atoms with van der Waals surface area (Å²) in [6, 6.07) is 5.95. The first kappa shape index (κ1) is 14.2. The van der Waals surface area contributed by atoms with Crippen LogP contribution in [0.15, 0.2) is 28.7 Å². The van der Waals surface area contributed by atoms with E-state index in [1.54, 1.807) is 23.1 Å². The quantitative estimate of drug-likeness (QED) is 0.622. The molecule has 0 spiro atoms. The van der Waals surface area contributed by atoms with Crippen LogP contribution in [0.3, 0.4) is 0 Å². The van der Waals surface area contributed by atoms with E-state index in [1.165, 1.54) is 0 Å². The molecule has 2 rings (SSSR count). The largest absolute Gasteiger partial charge is 0.353 e. The van der Waals surface area contributed by atoms with E-state index in [2.05, 4.69) is 20.5 Å². The van der Waals surface area contributed by atoms with Gasteiger partial charge in [-0.25, -0.2) is 0 Å². The lowest BCUT2D eigenvalue weighted by Gasteiger charge is -2.04. The third kappa shape index (κ3) is 4.77. The van der Waals surface area contributed by atoms with Crippen molar-refractivity contribution in [1.29, 1.82) is 0 Å². The SMILES string of the molecule is CN(C)c1nnc(SCCNCc2ccccn2)s1. The van der Waals surface area contributed by atoms with Crippen LogP contribution < -0.4 is 10.2 Å². The highest BCUT2D eigenvalue weighted by atomic mass is 32.2. The summed E-state index contributed by atoms with van der Waals surface area (Å²) in [7, 11) is 3.95. The Balaban J connectivity index is 1.64. The van der Waals surface area contributed by atoms with E-state index >= 15 is 0 Å². The molecule has 0 saturated heterocycles. The van der Waals surface area contributed by atoms with E-state index in [0.717, 1.165) is 34.0 Å². The second-order valence-corrected chi connectivity index (χ2v) is 6.39. The molecule has 2 heterocycles. The number of nitrogens with one attached hydrogen (secondary N) is 1. The number of thioether (sulfide) groups is 1. The smallest absolute Gasteiger partial charge is 0.208 e. The van der Waals surface area contributed by atoms with E-state index in [9.17, 15) is 0 Å². The maximum absolute atomic E-state index is 4.26. The van der Waals surface area contributed by atoms with Gasteiger partial charge in [0.15, 0.2) is 4.34 Å². The summed E-state index contributed by atoms with van der Waals surface area (Å²) in [4.78, 5) is 6.24. The summed E-state index contributed by atoms with van der Waals surface area (Å²) in [6.07, 6.45) is 1.82. The molecule has 0 atom stereocenters. The molecular weight excluding hydrogens is 278 g/mol. The zero-order chi connectivity index (χ0) is 13.5. The van der Waals surface area contributed by atoms with Crippen molar-refractivity contribution in [2.75, 3.05) is 31.3 Å². The molecule has 7 heteroatoms. The Labute approximate surface area is 121 Å². The Morgan fingerprint density at radius 1 is 1.32 bits per heavy atom. The van der Waals surface area contributed by atoms with Gasteiger partial charge in [0, 0.05) is 39.1 Å². The fourth-order valence-corrected chi connectivity index (χ4v) is 3.10. The number of hydrogen-bond donors (Lipinski definition) is 1. The van der Waals surface area contributed by atoms with Gasteiger partial charge in [0.05, 0.1) is 5.69 Å². The van der Waals surface area contributed by atoms with Gasteiger partial charge in [0.1, 0.15) is 0 Å². The molecule has 0 unspecified atom stereocenters. The summed E-state index contributed by atoms with van der Waals surface area (Å²) >= 11 is 3.35. The summed E-state index contributed by atoms with van der Waals surface area (Å²) < 4.78 is 1.02. The van der Waals surface area contributed by atoms with Crippen LogP contribution in [0.25, 0.3) is 0 Å². The van der Waals surface area contributed by atoms with Crippen molar-refractivity contribution < 1.29 is 0 Å². The van der Waals surface area contributed by atoms with Crippen molar-refractivity contribution in [2.24, 2.45) is 0 Å². The fourth-order valence-electron chi connectivity index (χ4n) is 1.37. The predicted molar refractivity (Wildman–Crippen MR) is 80.9 cm³/mol. The lowest BCUT2D eigenvalue weighted by Crippen LogP contribution is -2.17. The fraction of sp³-hybridized carbons (Fsp3) is 0.417. The van der Waals surface area contributed by atoms with Gasteiger partial charge in [0.2, 0.25) is 5.13 Å². The molecular formula is C12H17N5S2. The maximum Gasteiger partial charge on any atom is 0.208 e. The first-order chi connectivity index (χ1) is 9.25. The molecule has 2 aromatic heterocycles. The van der Waals surface area contributed by atoms with Crippen molar-refractivity contribution in [2.45, 2.75) is 10.9 Å². The molecule has 2 aromatic rings. The minimum atomic E-state index is 0.806. The van der Waals surface area contributed by atoms with Crippen LogP contribution >= 0.6 is 23.1 Å². The summed E-state index contributed by atoms with van der Waals surface area (Å²) in [6.45, 7) is 1.73. The van der Waals surface area contributed by atoms with Gasteiger partial charge >= 0.3 is 0 Å². The van der Waals surface area contributed by atoms with Crippen molar-refractivity contribution >= 4 is 28.2 Å². The summed E-state index contributed by atoms with van der Waals surface area (Å²) in [5.41, 5.74) is 1.07. The second-order valence-electron chi connectivity index (χ2n) is 4.09. The van der Waals surface area contributed by atoms with Crippen molar-refractivity contribution in [3.63, 3.8) is 0 Å².